The zero-order chi connectivity index (χ0) is 21.2. The van der Waals surface area contributed by atoms with E-state index in [9.17, 15) is 9.18 Å². The zero-order valence-corrected chi connectivity index (χ0v) is 17.9. The summed E-state index contributed by atoms with van der Waals surface area (Å²) in [7, 11) is 0. The lowest BCUT2D eigenvalue weighted by Crippen LogP contribution is -2.52. The predicted octanol–water partition coefficient (Wildman–Crippen LogP) is 4.07. The molecule has 1 aliphatic heterocycles. The number of amides is 1. The van der Waals surface area contributed by atoms with E-state index in [1.165, 1.54) is 6.07 Å². The number of rotatable bonds is 3. The summed E-state index contributed by atoms with van der Waals surface area (Å²) in [6.45, 7) is 12.3. The van der Waals surface area contributed by atoms with Crippen LogP contribution < -0.4 is 4.90 Å². The summed E-state index contributed by atoms with van der Waals surface area (Å²) in [4.78, 5) is 25.6. The first kappa shape index (κ1) is 21.0. The molecule has 1 aromatic heterocycles. The van der Waals surface area contributed by atoms with Gasteiger partial charge < -0.3 is 9.80 Å². The van der Waals surface area contributed by atoms with Crippen molar-refractivity contribution in [3.05, 3.63) is 59.3 Å². The number of halogens is 1. The summed E-state index contributed by atoms with van der Waals surface area (Å²) in [5.41, 5.74) is 2.58. The Bertz CT molecular complexity index is 925. The summed E-state index contributed by atoms with van der Waals surface area (Å²) in [6.07, 6.45) is 3.46. The van der Waals surface area contributed by atoms with Crippen LogP contribution in [-0.4, -0.2) is 47.0 Å². The third-order valence-corrected chi connectivity index (χ3v) is 5.25. The first-order valence-corrected chi connectivity index (χ1v) is 10.0. The topological polar surface area (TPSA) is 49.3 Å². The van der Waals surface area contributed by atoms with Crippen LogP contribution in [0.25, 0.3) is 5.57 Å². The maximum absolute atomic E-state index is 14.5. The molecule has 1 amide bonds. The number of allylic oxidation sites excluding steroid dienone is 1. The van der Waals surface area contributed by atoms with E-state index < -0.39 is 0 Å². The summed E-state index contributed by atoms with van der Waals surface area (Å²) in [6, 6.07) is 6.76. The number of hydrogen-bond donors (Lipinski definition) is 0. The fraction of sp³-hybridized carbons (Fsp3) is 0.435. The number of anilines is 1. The molecule has 0 N–H and O–H groups in total. The van der Waals surface area contributed by atoms with Gasteiger partial charge in [0, 0.05) is 42.7 Å². The van der Waals surface area contributed by atoms with Crippen molar-refractivity contribution < 1.29 is 9.18 Å². The van der Waals surface area contributed by atoms with Gasteiger partial charge in [-0.05, 0) is 25.5 Å². The van der Waals surface area contributed by atoms with Gasteiger partial charge in [0.15, 0.2) is 0 Å². The van der Waals surface area contributed by atoms with Crippen molar-refractivity contribution >= 4 is 17.3 Å². The molecule has 1 fully saturated rings. The summed E-state index contributed by atoms with van der Waals surface area (Å²) >= 11 is 0. The third kappa shape index (κ3) is 4.31. The molecule has 0 bridgehead atoms. The fourth-order valence-corrected chi connectivity index (χ4v) is 3.73. The van der Waals surface area contributed by atoms with Gasteiger partial charge in [0.05, 0.1) is 5.69 Å². The number of benzene rings is 1. The summed E-state index contributed by atoms with van der Waals surface area (Å²) in [5, 5.41) is 0. The molecule has 2 aromatic rings. The van der Waals surface area contributed by atoms with E-state index >= 15 is 0 Å². The Hall–Kier alpha value is -2.76. The fourth-order valence-electron chi connectivity index (χ4n) is 3.73. The maximum Gasteiger partial charge on any atom is 0.228 e. The molecule has 1 saturated heterocycles. The Labute approximate surface area is 172 Å². The van der Waals surface area contributed by atoms with Crippen molar-refractivity contribution in [3.63, 3.8) is 0 Å². The molecule has 0 saturated carbocycles. The van der Waals surface area contributed by atoms with Gasteiger partial charge in [0.25, 0.3) is 0 Å². The van der Waals surface area contributed by atoms with Crippen molar-refractivity contribution in [3.8, 4) is 0 Å². The maximum atomic E-state index is 14.5. The van der Waals surface area contributed by atoms with Gasteiger partial charge in [-0.2, -0.15) is 0 Å². The molecule has 0 spiro atoms. The highest BCUT2D eigenvalue weighted by Crippen LogP contribution is 2.34. The smallest absolute Gasteiger partial charge is 0.228 e. The van der Waals surface area contributed by atoms with Crippen molar-refractivity contribution in [1.29, 1.82) is 0 Å². The van der Waals surface area contributed by atoms with E-state index in [1.54, 1.807) is 18.5 Å². The van der Waals surface area contributed by atoms with Crippen LogP contribution in [0.2, 0.25) is 0 Å². The minimum atomic E-state index is -0.387. The van der Waals surface area contributed by atoms with Crippen LogP contribution in [0.3, 0.4) is 0 Å². The number of nitrogens with zero attached hydrogens (tertiary/aromatic N) is 4. The molecule has 154 valence electrons. The van der Waals surface area contributed by atoms with Gasteiger partial charge in [-0.1, -0.05) is 45.0 Å². The predicted molar refractivity (Wildman–Crippen MR) is 114 cm³/mol. The average Bonchev–Trinajstić information content (AvgIpc) is 2.70. The normalized spacial score (nSPS) is 15.6. The van der Waals surface area contributed by atoms with Crippen molar-refractivity contribution in [2.45, 2.75) is 34.6 Å². The Morgan fingerprint density at radius 2 is 1.76 bits per heavy atom. The van der Waals surface area contributed by atoms with Gasteiger partial charge in [-0.15, -0.1) is 0 Å². The Morgan fingerprint density at radius 3 is 2.34 bits per heavy atom. The minimum absolute atomic E-state index is 0.164. The van der Waals surface area contributed by atoms with Gasteiger partial charge in [0.2, 0.25) is 5.91 Å². The van der Waals surface area contributed by atoms with Crippen molar-refractivity contribution in [1.82, 2.24) is 14.9 Å². The van der Waals surface area contributed by atoms with E-state index in [0.29, 0.717) is 31.7 Å². The van der Waals surface area contributed by atoms with Crippen LogP contribution in [0.4, 0.5) is 10.2 Å². The Kier molecular flexibility index (Phi) is 6.01. The highest BCUT2D eigenvalue weighted by Gasteiger charge is 2.31. The van der Waals surface area contributed by atoms with Gasteiger partial charge >= 0.3 is 0 Å². The molecular formula is C23H29FN4O. The molecule has 2 heterocycles. The van der Waals surface area contributed by atoms with Crippen molar-refractivity contribution in [2.75, 3.05) is 31.1 Å². The standard InChI is InChI=1S/C23H29FN4O/c1-6-17(18-9-7-8-10-19(18)24)20-16(2)25-15-26-21(20)27-11-13-28(14-12-27)22(29)23(3,4)5/h6-10,15H,11-14H2,1-5H3/b17-6-. The number of piperazine rings is 1. The molecular weight excluding hydrogens is 367 g/mol. The zero-order valence-electron chi connectivity index (χ0n) is 17.9. The number of carbonyl (C=O) groups excluding carboxylic acids is 1. The molecule has 6 heteroatoms. The monoisotopic (exact) mass is 396 g/mol. The summed E-state index contributed by atoms with van der Waals surface area (Å²) < 4.78 is 14.5. The SMILES string of the molecule is C/C=C(/c1ccccc1F)c1c(C)ncnc1N1CCN(C(=O)C(C)(C)C)CC1. The largest absolute Gasteiger partial charge is 0.352 e. The second kappa shape index (κ2) is 8.31. The molecule has 5 nitrogen and oxygen atoms in total. The van der Waals surface area contributed by atoms with Gasteiger partial charge in [-0.3, -0.25) is 4.79 Å². The van der Waals surface area contributed by atoms with Gasteiger partial charge in [0.1, 0.15) is 18.0 Å². The molecule has 0 atom stereocenters. The molecule has 1 aromatic carbocycles. The molecule has 0 aliphatic carbocycles. The van der Waals surface area contributed by atoms with Crippen LogP contribution in [-0.2, 0) is 4.79 Å². The van der Waals surface area contributed by atoms with Crippen molar-refractivity contribution in [2.24, 2.45) is 5.41 Å². The van der Waals surface area contributed by atoms with Crippen LogP contribution in [0.1, 0.15) is 44.5 Å². The lowest BCUT2D eigenvalue weighted by atomic mass is 9.94. The highest BCUT2D eigenvalue weighted by molar-refractivity contribution is 5.86. The second-order valence-electron chi connectivity index (χ2n) is 8.37. The quantitative estimate of drug-likeness (QED) is 0.785. The Morgan fingerprint density at radius 1 is 1.10 bits per heavy atom. The number of carbonyl (C=O) groups is 1. The second-order valence-corrected chi connectivity index (χ2v) is 8.37. The highest BCUT2D eigenvalue weighted by atomic mass is 19.1. The van der Waals surface area contributed by atoms with Crippen LogP contribution >= 0.6 is 0 Å². The van der Waals surface area contributed by atoms with E-state index in [2.05, 4.69) is 14.9 Å². The molecule has 0 unspecified atom stereocenters. The average molecular weight is 397 g/mol. The molecule has 29 heavy (non-hydrogen) atoms. The van der Waals surface area contributed by atoms with Crippen LogP contribution in [0.15, 0.2) is 36.7 Å². The first-order valence-electron chi connectivity index (χ1n) is 10.0. The van der Waals surface area contributed by atoms with E-state index in [1.807, 2.05) is 51.7 Å². The molecule has 0 radical (unpaired) electrons. The third-order valence-electron chi connectivity index (χ3n) is 5.25. The van der Waals surface area contributed by atoms with Gasteiger partial charge in [-0.25, -0.2) is 14.4 Å². The van der Waals surface area contributed by atoms with Crippen LogP contribution in [0.5, 0.6) is 0 Å². The Balaban J connectivity index is 1.92. The van der Waals surface area contributed by atoms with E-state index in [0.717, 1.165) is 22.6 Å². The number of aryl methyl sites for hydroxylation is 1. The molecule has 1 aliphatic rings. The number of hydrogen-bond acceptors (Lipinski definition) is 4. The summed E-state index contributed by atoms with van der Waals surface area (Å²) in [5.74, 6) is 0.684. The van der Waals surface area contributed by atoms with E-state index in [-0.39, 0.29) is 17.1 Å². The lowest BCUT2D eigenvalue weighted by Gasteiger charge is -2.39. The number of aromatic nitrogens is 2. The van der Waals surface area contributed by atoms with Crippen LogP contribution in [0, 0.1) is 18.2 Å². The first-order chi connectivity index (χ1) is 13.7. The molecule has 3 rings (SSSR count). The van der Waals surface area contributed by atoms with E-state index in [4.69, 9.17) is 0 Å². The minimum Gasteiger partial charge on any atom is -0.352 e. The lowest BCUT2D eigenvalue weighted by molar-refractivity contribution is -0.139.